The predicted octanol–water partition coefficient (Wildman–Crippen LogP) is 1.37. The number of nitrogens with one attached hydrogen (secondary N) is 2. The first kappa shape index (κ1) is 21.9. The number of aliphatic hydroxyl groups excluding tert-OH is 1. The van der Waals surface area contributed by atoms with Crippen LogP contribution in [0.25, 0.3) is 0 Å². The van der Waals surface area contributed by atoms with Crippen LogP contribution < -0.4 is 10.6 Å². The maximum absolute atomic E-state index is 9.81. The van der Waals surface area contributed by atoms with Gasteiger partial charge in [-0.2, -0.15) is 0 Å². The number of guanidine groups is 1. The van der Waals surface area contributed by atoms with Gasteiger partial charge in [-0.25, -0.2) is 0 Å². The lowest BCUT2D eigenvalue weighted by Crippen LogP contribution is -2.38. The van der Waals surface area contributed by atoms with Gasteiger partial charge in [-0.05, 0) is 26.2 Å². The smallest absolute Gasteiger partial charge is 0.191 e. The number of hydrogen-bond donors (Lipinski definition) is 3. The molecule has 0 bridgehead atoms. The summed E-state index contributed by atoms with van der Waals surface area (Å²) in [4.78, 5) is 4.57. The number of hydrogen-bond acceptors (Lipinski definition) is 4. The summed E-state index contributed by atoms with van der Waals surface area (Å²) in [5.74, 6) is 1.14. The largest absolute Gasteiger partial charge is 0.393 e. The van der Waals surface area contributed by atoms with E-state index in [1.54, 1.807) is 7.11 Å². The van der Waals surface area contributed by atoms with Crippen molar-refractivity contribution in [2.75, 3.05) is 46.6 Å². The van der Waals surface area contributed by atoms with Crippen LogP contribution in [-0.4, -0.2) is 63.7 Å². The summed E-state index contributed by atoms with van der Waals surface area (Å²) in [6.07, 6.45) is 3.87. The summed E-state index contributed by atoms with van der Waals surface area (Å²) >= 11 is 0. The molecule has 2 unspecified atom stereocenters. The van der Waals surface area contributed by atoms with Gasteiger partial charge in [0, 0.05) is 39.3 Å². The first-order chi connectivity index (χ1) is 10.3. The van der Waals surface area contributed by atoms with Crippen LogP contribution in [0.15, 0.2) is 4.99 Å². The normalized spacial score (nSPS) is 21.5. The molecule has 0 aromatic rings. The van der Waals surface area contributed by atoms with E-state index in [0.29, 0.717) is 25.7 Å². The minimum absolute atomic E-state index is 0. The molecule has 1 fully saturated rings. The molecular formula is C15H32IN3O3. The van der Waals surface area contributed by atoms with Crippen LogP contribution in [-0.2, 0) is 9.47 Å². The maximum atomic E-state index is 9.81. The Morgan fingerprint density at radius 3 is 2.68 bits per heavy atom. The third kappa shape index (κ3) is 9.81. The van der Waals surface area contributed by atoms with Crippen LogP contribution in [0.4, 0.5) is 0 Å². The zero-order chi connectivity index (χ0) is 15.3. The molecule has 0 spiro atoms. The highest BCUT2D eigenvalue weighted by atomic mass is 127. The molecule has 1 rings (SSSR count). The van der Waals surface area contributed by atoms with Crippen molar-refractivity contribution in [2.45, 2.75) is 38.7 Å². The maximum Gasteiger partial charge on any atom is 0.191 e. The molecule has 0 heterocycles. The Balaban J connectivity index is 0.00000441. The Kier molecular flexibility index (Phi) is 14.4. The summed E-state index contributed by atoms with van der Waals surface area (Å²) in [6, 6.07) is 0. The van der Waals surface area contributed by atoms with E-state index in [1.165, 1.54) is 0 Å². The number of aliphatic hydroxyl groups is 1. The van der Waals surface area contributed by atoms with E-state index in [1.807, 2.05) is 0 Å². The summed E-state index contributed by atoms with van der Waals surface area (Å²) in [6.45, 7) is 6.41. The fourth-order valence-electron chi connectivity index (χ4n) is 2.41. The minimum Gasteiger partial charge on any atom is -0.393 e. The third-order valence-electron chi connectivity index (χ3n) is 3.64. The van der Waals surface area contributed by atoms with Crippen molar-refractivity contribution in [3.63, 3.8) is 0 Å². The Labute approximate surface area is 151 Å². The number of rotatable bonds is 10. The lowest BCUT2D eigenvalue weighted by atomic mass is 10.1. The Bertz CT molecular complexity index is 293. The van der Waals surface area contributed by atoms with Crippen molar-refractivity contribution in [3.05, 3.63) is 0 Å². The van der Waals surface area contributed by atoms with Crippen molar-refractivity contribution in [2.24, 2.45) is 10.9 Å². The molecule has 22 heavy (non-hydrogen) atoms. The van der Waals surface area contributed by atoms with E-state index in [9.17, 15) is 5.11 Å². The molecule has 6 nitrogen and oxygen atoms in total. The van der Waals surface area contributed by atoms with E-state index >= 15 is 0 Å². The van der Waals surface area contributed by atoms with Crippen molar-refractivity contribution >= 4 is 29.9 Å². The second kappa shape index (κ2) is 14.5. The molecular weight excluding hydrogens is 397 g/mol. The van der Waals surface area contributed by atoms with Crippen LogP contribution in [0.3, 0.4) is 0 Å². The van der Waals surface area contributed by atoms with Gasteiger partial charge in [-0.3, -0.25) is 4.99 Å². The number of halogens is 1. The molecule has 7 heteroatoms. The Morgan fingerprint density at radius 1 is 1.23 bits per heavy atom. The SMILES string of the molecule is CCNC(=NCC1CCCC1O)NCCCOCCOC.I. The van der Waals surface area contributed by atoms with Gasteiger partial charge in [0.15, 0.2) is 5.96 Å². The van der Waals surface area contributed by atoms with Crippen LogP contribution in [0.5, 0.6) is 0 Å². The topological polar surface area (TPSA) is 75.1 Å². The van der Waals surface area contributed by atoms with Gasteiger partial charge in [-0.1, -0.05) is 6.42 Å². The van der Waals surface area contributed by atoms with Gasteiger partial charge < -0.3 is 25.2 Å². The van der Waals surface area contributed by atoms with Crippen LogP contribution >= 0.6 is 24.0 Å². The molecule has 3 N–H and O–H groups in total. The monoisotopic (exact) mass is 429 g/mol. The van der Waals surface area contributed by atoms with Crippen molar-refractivity contribution in [1.29, 1.82) is 0 Å². The van der Waals surface area contributed by atoms with E-state index in [2.05, 4.69) is 22.5 Å². The number of ether oxygens (including phenoxy) is 2. The molecule has 0 aliphatic heterocycles. The molecule has 0 aromatic heterocycles. The molecule has 132 valence electrons. The molecule has 2 atom stereocenters. The van der Waals surface area contributed by atoms with E-state index in [-0.39, 0.29) is 30.1 Å². The zero-order valence-corrected chi connectivity index (χ0v) is 16.2. The minimum atomic E-state index is -0.175. The predicted molar refractivity (Wildman–Crippen MR) is 100 cm³/mol. The van der Waals surface area contributed by atoms with Gasteiger partial charge in [0.2, 0.25) is 0 Å². The van der Waals surface area contributed by atoms with Gasteiger partial charge in [0.1, 0.15) is 0 Å². The van der Waals surface area contributed by atoms with Gasteiger partial charge in [0.25, 0.3) is 0 Å². The average Bonchev–Trinajstić information content (AvgIpc) is 2.89. The first-order valence-corrected chi connectivity index (χ1v) is 8.04. The summed E-state index contributed by atoms with van der Waals surface area (Å²) in [5.41, 5.74) is 0. The van der Waals surface area contributed by atoms with Crippen LogP contribution in [0.1, 0.15) is 32.6 Å². The molecule has 1 aliphatic carbocycles. The van der Waals surface area contributed by atoms with Gasteiger partial charge >= 0.3 is 0 Å². The highest BCUT2D eigenvalue weighted by Gasteiger charge is 2.24. The average molecular weight is 429 g/mol. The quantitative estimate of drug-likeness (QED) is 0.212. The number of nitrogens with zero attached hydrogens (tertiary/aromatic N) is 1. The van der Waals surface area contributed by atoms with E-state index in [0.717, 1.165) is 51.3 Å². The fourth-order valence-corrected chi connectivity index (χ4v) is 2.41. The fraction of sp³-hybridized carbons (Fsp3) is 0.933. The lowest BCUT2D eigenvalue weighted by Gasteiger charge is -2.15. The lowest BCUT2D eigenvalue weighted by molar-refractivity contribution is 0.0698. The van der Waals surface area contributed by atoms with Crippen molar-refractivity contribution < 1.29 is 14.6 Å². The first-order valence-electron chi connectivity index (χ1n) is 8.04. The highest BCUT2D eigenvalue weighted by Crippen LogP contribution is 2.25. The van der Waals surface area contributed by atoms with E-state index in [4.69, 9.17) is 9.47 Å². The van der Waals surface area contributed by atoms with Crippen molar-refractivity contribution in [3.8, 4) is 0 Å². The molecule has 0 radical (unpaired) electrons. The second-order valence-electron chi connectivity index (χ2n) is 5.36. The Morgan fingerprint density at radius 2 is 2.05 bits per heavy atom. The standard InChI is InChI=1S/C15H31N3O3.HI/c1-3-16-15(17-8-5-9-21-11-10-20-2)18-12-13-6-4-7-14(13)19;/h13-14,19H,3-12H2,1-2H3,(H2,16,17,18);1H. The number of methoxy groups -OCH3 is 1. The third-order valence-corrected chi connectivity index (χ3v) is 3.64. The molecule has 0 saturated heterocycles. The molecule has 1 saturated carbocycles. The summed E-state index contributed by atoms with van der Waals surface area (Å²) < 4.78 is 10.3. The number of aliphatic imine (C=N–C) groups is 1. The van der Waals surface area contributed by atoms with Crippen LogP contribution in [0, 0.1) is 5.92 Å². The summed E-state index contributed by atoms with van der Waals surface area (Å²) in [5, 5.41) is 16.3. The van der Waals surface area contributed by atoms with Crippen LogP contribution in [0.2, 0.25) is 0 Å². The van der Waals surface area contributed by atoms with Gasteiger partial charge in [0.05, 0.1) is 19.3 Å². The molecule has 0 amide bonds. The summed E-state index contributed by atoms with van der Waals surface area (Å²) in [7, 11) is 1.67. The van der Waals surface area contributed by atoms with E-state index < -0.39 is 0 Å². The highest BCUT2D eigenvalue weighted by molar-refractivity contribution is 14.0. The molecule has 1 aliphatic rings. The van der Waals surface area contributed by atoms with Gasteiger partial charge in [-0.15, -0.1) is 24.0 Å². The van der Waals surface area contributed by atoms with Crippen molar-refractivity contribution in [1.82, 2.24) is 10.6 Å². The second-order valence-corrected chi connectivity index (χ2v) is 5.36. The molecule has 0 aromatic carbocycles. The zero-order valence-electron chi connectivity index (χ0n) is 13.8. The Hall–Kier alpha value is -0.120.